The smallest absolute Gasteiger partial charge is 0.331 e. The first kappa shape index (κ1) is 16.0. The molecule has 0 unspecified atom stereocenters. The van der Waals surface area contributed by atoms with Crippen LogP contribution in [0.1, 0.15) is 31.5 Å². The predicted molar refractivity (Wildman–Crippen MR) is 93.1 cm³/mol. The van der Waals surface area contributed by atoms with E-state index in [-0.39, 0.29) is 0 Å². The maximum atomic E-state index is 11.5. The van der Waals surface area contributed by atoms with Gasteiger partial charge in [-0.3, -0.25) is 9.25 Å². The summed E-state index contributed by atoms with van der Waals surface area (Å²) in [4.78, 5) is 16.0. The van der Waals surface area contributed by atoms with Crippen LogP contribution in [0.25, 0.3) is 22.4 Å². The number of aryl methyl sites for hydroxylation is 2. The second-order valence-electron chi connectivity index (χ2n) is 5.77. The molecule has 3 heterocycles. The molecule has 0 aromatic carbocycles. The average Bonchev–Trinajstić information content (AvgIpc) is 3.09. The summed E-state index contributed by atoms with van der Waals surface area (Å²) < 4.78 is 3.75. The number of aliphatic carboxylic acids is 1. The van der Waals surface area contributed by atoms with Crippen LogP contribution in [0.4, 0.5) is 0 Å². The van der Waals surface area contributed by atoms with E-state index in [1.54, 1.807) is 17.8 Å². The number of hydrogen-bond acceptors (Lipinski definition) is 3. The third-order valence-electron chi connectivity index (χ3n) is 4.30. The molecule has 0 aliphatic rings. The summed E-state index contributed by atoms with van der Waals surface area (Å²) in [6.45, 7) is 5.51. The van der Waals surface area contributed by atoms with E-state index in [4.69, 9.17) is 0 Å². The Kier molecular flexibility index (Phi) is 3.97. The first-order valence-corrected chi connectivity index (χ1v) is 7.85. The topological polar surface area (TPSA) is 72.9 Å². The van der Waals surface area contributed by atoms with Gasteiger partial charge in [0.05, 0.1) is 5.69 Å². The largest absolute Gasteiger partial charge is 0.478 e. The van der Waals surface area contributed by atoms with Crippen LogP contribution < -0.4 is 0 Å². The Morgan fingerprint density at radius 2 is 2.08 bits per heavy atom. The molecule has 24 heavy (non-hydrogen) atoms. The van der Waals surface area contributed by atoms with Crippen LogP contribution in [0.5, 0.6) is 0 Å². The summed E-state index contributed by atoms with van der Waals surface area (Å²) in [5.41, 5.74) is 3.64. The third kappa shape index (κ3) is 2.40. The summed E-state index contributed by atoms with van der Waals surface area (Å²) in [5.74, 6) is -0.0739. The fourth-order valence-corrected chi connectivity index (χ4v) is 3.17. The molecule has 6 nitrogen and oxygen atoms in total. The maximum absolute atomic E-state index is 11.5. The van der Waals surface area contributed by atoms with Gasteiger partial charge in [0.2, 0.25) is 0 Å². The summed E-state index contributed by atoms with van der Waals surface area (Å²) in [7, 11) is 1.87. The van der Waals surface area contributed by atoms with E-state index in [9.17, 15) is 9.90 Å². The Morgan fingerprint density at radius 3 is 2.75 bits per heavy atom. The molecule has 0 saturated carbocycles. The van der Waals surface area contributed by atoms with Gasteiger partial charge in [-0.2, -0.15) is 5.10 Å². The number of allylic oxidation sites excluding steroid dienone is 1. The Balaban J connectivity index is 2.35. The molecule has 0 saturated heterocycles. The van der Waals surface area contributed by atoms with Gasteiger partial charge in [0.15, 0.2) is 0 Å². The number of pyridine rings is 1. The molecule has 0 spiro atoms. The molecule has 3 aromatic heterocycles. The molecule has 0 aliphatic carbocycles. The second-order valence-corrected chi connectivity index (χ2v) is 5.77. The number of hydrogen-bond donors (Lipinski definition) is 1. The van der Waals surface area contributed by atoms with E-state index in [0.29, 0.717) is 12.0 Å². The van der Waals surface area contributed by atoms with Crippen LogP contribution in [0.2, 0.25) is 0 Å². The van der Waals surface area contributed by atoms with E-state index in [2.05, 4.69) is 10.1 Å². The summed E-state index contributed by atoms with van der Waals surface area (Å²) in [6, 6.07) is 5.89. The van der Waals surface area contributed by atoms with Gasteiger partial charge in [0.1, 0.15) is 11.5 Å². The highest BCUT2D eigenvalue weighted by molar-refractivity contribution is 5.97. The van der Waals surface area contributed by atoms with Crippen LogP contribution in [-0.2, 0) is 11.8 Å². The molecule has 0 amide bonds. The first-order chi connectivity index (χ1) is 11.5. The van der Waals surface area contributed by atoms with Gasteiger partial charge in [-0.05, 0) is 44.0 Å². The van der Waals surface area contributed by atoms with Gasteiger partial charge in [-0.15, -0.1) is 0 Å². The highest BCUT2D eigenvalue weighted by Gasteiger charge is 2.22. The maximum Gasteiger partial charge on any atom is 0.331 e. The van der Waals surface area contributed by atoms with Crippen molar-refractivity contribution in [2.75, 3.05) is 0 Å². The normalized spacial score (nSPS) is 12.5. The van der Waals surface area contributed by atoms with Crippen molar-refractivity contribution in [3.8, 4) is 5.82 Å². The summed E-state index contributed by atoms with van der Waals surface area (Å²) in [5, 5.41) is 15.0. The Bertz CT molecular complexity index is 963. The van der Waals surface area contributed by atoms with Gasteiger partial charge in [0.25, 0.3) is 0 Å². The lowest BCUT2D eigenvalue weighted by atomic mass is 9.98. The number of carboxylic acids is 1. The van der Waals surface area contributed by atoms with Gasteiger partial charge in [0, 0.05) is 36.0 Å². The fraction of sp³-hybridized carbons (Fsp3) is 0.278. The van der Waals surface area contributed by atoms with E-state index < -0.39 is 5.97 Å². The average molecular weight is 324 g/mol. The highest BCUT2D eigenvalue weighted by atomic mass is 16.4. The van der Waals surface area contributed by atoms with Crippen molar-refractivity contribution in [3.63, 3.8) is 0 Å². The Hall–Kier alpha value is -2.89. The van der Waals surface area contributed by atoms with Crippen molar-refractivity contribution in [2.24, 2.45) is 7.05 Å². The molecule has 124 valence electrons. The molecule has 0 fully saturated rings. The van der Waals surface area contributed by atoms with E-state index in [1.807, 2.05) is 49.9 Å². The van der Waals surface area contributed by atoms with E-state index in [1.165, 1.54) is 0 Å². The van der Waals surface area contributed by atoms with Crippen molar-refractivity contribution in [1.29, 1.82) is 0 Å². The number of aromatic nitrogens is 4. The minimum absolute atomic E-state index is 0.347. The number of rotatable bonds is 4. The lowest BCUT2D eigenvalue weighted by Gasteiger charge is -2.13. The highest BCUT2D eigenvalue weighted by Crippen LogP contribution is 2.32. The molecule has 0 aliphatic heterocycles. The third-order valence-corrected chi connectivity index (χ3v) is 4.30. The molecular weight excluding hydrogens is 304 g/mol. The quantitative estimate of drug-likeness (QED) is 0.747. The number of fused-ring (bicyclic) bond motifs is 1. The minimum atomic E-state index is -0.906. The standard InChI is InChI=1S/C18H20N4O2/c1-5-14(11(2)18(23)24)15-12(3)20-21(4)17(15)22-10-8-13-7-6-9-19-16(13)22/h6-10H,5H2,1-4H3,(H,23,24)/b14-11+. The number of carbonyl (C=O) groups is 1. The van der Waals surface area contributed by atoms with Gasteiger partial charge >= 0.3 is 5.97 Å². The lowest BCUT2D eigenvalue weighted by molar-refractivity contribution is -0.132. The molecule has 3 aromatic rings. The summed E-state index contributed by atoms with van der Waals surface area (Å²) >= 11 is 0. The molecule has 3 rings (SSSR count). The first-order valence-electron chi connectivity index (χ1n) is 7.85. The number of carboxylic acid groups (broad SMARTS) is 1. The van der Waals surface area contributed by atoms with Crippen LogP contribution in [0.3, 0.4) is 0 Å². The van der Waals surface area contributed by atoms with Crippen molar-refractivity contribution in [1.82, 2.24) is 19.3 Å². The zero-order chi connectivity index (χ0) is 17.4. The van der Waals surface area contributed by atoms with Crippen molar-refractivity contribution >= 4 is 22.6 Å². The zero-order valence-corrected chi connectivity index (χ0v) is 14.2. The van der Waals surface area contributed by atoms with E-state index >= 15 is 0 Å². The van der Waals surface area contributed by atoms with Gasteiger partial charge in [-0.25, -0.2) is 9.78 Å². The molecule has 0 atom stereocenters. The minimum Gasteiger partial charge on any atom is -0.478 e. The van der Waals surface area contributed by atoms with Crippen molar-refractivity contribution < 1.29 is 9.90 Å². The summed E-state index contributed by atoms with van der Waals surface area (Å²) in [6.07, 6.45) is 4.31. The van der Waals surface area contributed by atoms with Crippen LogP contribution in [-0.4, -0.2) is 30.4 Å². The fourth-order valence-electron chi connectivity index (χ4n) is 3.17. The van der Waals surface area contributed by atoms with Crippen LogP contribution in [0.15, 0.2) is 36.2 Å². The molecule has 0 bridgehead atoms. The Morgan fingerprint density at radius 1 is 1.33 bits per heavy atom. The van der Waals surface area contributed by atoms with E-state index in [0.717, 1.165) is 33.7 Å². The van der Waals surface area contributed by atoms with Crippen LogP contribution >= 0.6 is 0 Å². The number of nitrogens with zero attached hydrogens (tertiary/aromatic N) is 4. The zero-order valence-electron chi connectivity index (χ0n) is 14.2. The second kappa shape index (κ2) is 5.96. The monoisotopic (exact) mass is 324 g/mol. The van der Waals surface area contributed by atoms with Crippen LogP contribution in [0, 0.1) is 6.92 Å². The van der Waals surface area contributed by atoms with Crippen molar-refractivity contribution in [3.05, 3.63) is 47.4 Å². The molecule has 1 N–H and O–H groups in total. The van der Waals surface area contributed by atoms with Gasteiger partial charge < -0.3 is 5.11 Å². The van der Waals surface area contributed by atoms with Crippen molar-refractivity contribution in [2.45, 2.75) is 27.2 Å². The SMILES string of the molecule is CC/C(=C(/C)C(=O)O)c1c(C)nn(C)c1-n1ccc2cccnc21. The molecule has 0 radical (unpaired) electrons. The predicted octanol–water partition coefficient (Wildman–Crippen LogP) is 3.34. The molecular formula is C18H20N4O2. The Labute approximate surface area is 140 Å². The lowest BCUT2D eigenvalue weighted by Crippen LogP contribution is -2.07. The van der Waals surface area contributed by atoms with Gasteiger partial charge in [-0.1, -0.05) is 6.92 Å². The molecule has 6 heteroatoms.